The summed E-state index contributed by atoms with van der Waals surface area (Å²) in [5.41, 5.74) is 5.44. The Morgan fingerprint density at radius 1 is 1.42 bits per heavy atom. The van der Waals surface area contributed by atoms with E-state index in [1.807, 2.05) is 6.07 Å². The summed E-state index contributed by atoms with van der Waals surface area (Å²) in [4.78, 5) is 8.78. The van der Waals surface area contributed by atoms with E-state index in [2.05, 4.69) is 36.9 Å². The number of carbonyl (C=O) groups is 1. The Kier molecular flexibility index (Phi) is 5.43. The van der Waals surface area contributed by atoms with Crippen molar-refractivity contribution in [1.82, 2.24) is 0 Å². The minimum absolute atomic E-state index is 1.14. The van der Waals surface area contributed by atoms with Gasteiger partial charge in [0.05, 0.1) is 0 Å². The molecule has 0 spiro atoms. The number of hydrogen-bond acceptors (Lipinski definition) is 1. The highest BCUT2D eigenvalue weighted by Crippen LogP contribution is 1.96. The van der Waals surface area contributed by atoms with E-state index in [1.54, 1.807) is 0 Å². The second-order valence-electron chi connectivity index (χ2n) is 2.18. The molecule has 0 radical (unpaired) electrons. The van der Waals surface area contributed by atoms with Crippen LogP contribution in [0.15, 0.2) is 30.3 Å². The van der Waals surface area contributed by atoms with Crippen molar-refractivity contribution in [3.8, 4) is 0 Å². The Labute approximate surface area is 71.8 Å². The third kappa shape index (κ3) is 6.61. The van der Waals surface area contributed by atoms with Crippen LogP contribution in [0.5, 0.6) is 0 Å². The van der Waals surface area contributed by atoms with E-state index in [1.165, 1.54) is 5.56 Å². The highest BCUT2D eigenvalue weighted by atomic mass is 16.4. The Hall–Kier alpha value is -1.51. The maximum Gasteiger partial charge on any atom is 0.402 e. The second-order valence-corrected chi connectivity index (χ2v) is 2.18. The van der Waals surface area contributed by atoms with E-state index in [4.69, 9.17) is 9.90 Å². The Morgan fingerprint density at radius 2 is 1.83 bits per heavy atom. The van der Waals surface area contributed by atoms with Crippen LogP contribution in [0.3, 0.4) is 0 Å². The third-order valence-corrected chi connectivity index (χ3v) is 1.25. The van der Waals surface area contributed by atoms with Gasteiger partial charge in [-0.25, -0.2) is 4.79 Å². The van der Waals surface area contributed by atoms with Gasteiger partial charge < -0.3 is 10.8 Å². The van der Waals surface area contributed by atoms with E-state index in [0.717, 1.165) is 6.42 Å². The van der Waals surface area contributed by atoms with Crippen molar-refractivity contribution in [2.24, 2.45) is 5.73 Å². The summed E-state index contributed by atoms with van der Waals surface area (Å²) in [5.74, 6) is 0. The van der Waals surface area contributed by atoms with Gasteiger partial charge in [-0.2, -0.15) is 0 Å². The number of rotatable bonds is 1. The number of carboxylic acid groups (broad SMARTS) is 1. The van der Waals surface area contributed by atoms with Gasteiger partial charge in [-0.1, -0.05) is 37.3 Å². The molecule has 1 aromatic carbocycles. The van der Waals surface area contributed by atoms with Crippen molar-refractivity contribution in [3.05, 3.63) is 35.9 Å². The first-order chi connectivity index (χ1) is 5.66. The largest absolute Gasteiger partial charge is 0.465 e. The first-order valence-electron chi connectivity index (χ1n) is 3.69. The summed E-state index contributed by atoms with van der Waals surface area (Å²) >= 11 is 0. The lowest BCUT2D eigenvalue weighted by Crippen LogP contribution is -2.03. The highest BCUT2D eigenvalue weighted by Gasteiger charge is 1.79. The predicted octanol–water partition coefficient (Wildman–Crippen LogP) is 1.87. The molecule has 1 rings (SSSR count). The van der Waals surface area contributed by atoms with E-state index in [9.17, 15) is 0 Å². The first-order valence-corrected chi connectivity index (χ1v) is 3.69. The van der Waals surface area contributed by atoms with Crippen molar-refractivity contribution in [2.75, 3.05) is 0 Å². The number of aryl methyl sites for hydroxylation is 1. The van der Waals surface area contributed by atoms with Crippen molar-refractivity contribution in [1.29, 1.82) is 0 Å². The summed E-state index contributed by atoms with van der Waals surface area (Å²) in [6.45, 7) is 2.16. The average molecular weight is 167 g/mol. The molecule has 0 atom stereocenters. The van der Waals surface area contributed by atoms with E-state index in [0.29, 0.717) is 0 Å². The van der Waals surface area contributed by atoms with Gasteiger partial charge in [-0.3, -0.25) is 0 Å². The minimum atomic E-state index is -1.33. The number of amides is 1. The summed E-state index contributed by atoms with van der Waals surface area (Å²) in [6.07, 6.45) is -0.194. The molecule has 3 nitrogen and oxygen atoms in total. The van der Waals surface area contributed by atoms with Gasteiger partial charge in [0.2, 0.25) is 0 Å². The van der Waals surface area contributed by atoms with Gasteiger partial charge in [0, 0.05) is 0 Å². The van der Waals surface area contributed by atoms with Crippen LogP contribution in [-0.4, -0.2) is 11.2 Å². The molecule has 0 aliphatic heterocycles. The van der Waals surface area contributed by atoms with E-state index >= 15 is 0 Å². The predicted molar refractivity (Wildman–Crippen MR) is 48.0 cm³/mol. The fourth-order valence-corrected chi connectivity index (χ4v) is 0.714. The second kappa shape index (κ2) is 6.22. The number of nitrogens with two attached hydrogens (primary N) is 1. The number of hydrogen-bond donors (Lipinski definition) is 2. The summed E-state index contributed by atoms with van der Waals surface area (Å²) in [6, 6.07) is 10.5. The highest BCUT2D eigenvalue weighted by molar-refractivity contribution is 5.61. The molecular weight excluding hydrogens is 154 g/mol. The maximum atomic E-state index is 8.78. The van der Waals surface area contributed by atoms with Crippen LogP contribution in [0.2, 0.25) is 0 Å². The zero-order chi connectivity index (χ0) is 9.40. The van der Waals surface area contributed by atoms with E-state index < -0.39 is 6.09 Å². The van der Waals surface area contributed by atoms with Crippen molar-refractivity contribution in [2.45, 2.75) is 13.3 Å². The molecule has 0 aromatic heterocycles. The van der Waals surface area contributed by atoms with Crippen molar-refractivity contribution >= 4 is 6.09 Å². The van der Waals surface area contributed by atoms with Gasteiger partial charge >= 0.3 is 6.09 Å². The lowest BCUT2D eigenvalue weighted by Gasteiger charge is -1.89. The smallest absolute Gasteiger partial charge is 0.402 e. The molecule has 3 heteroatoms. The summed E-state index contributed by atoms with van der Waals surface area (Å²) < 4.78 is 0. The molecule has 12 heavy (non-hydrogen) atoms. The maximum absolute atomic E-state index is 8.78. The monoisotopic (exact) mass is 167 g/mol. The zero-order valence-corrected chi connectivity index (χ0v) is 7.03. The van der Waals surface area contributed by atoms with Crippen LogP contribution in [0.4, 0.5) is 4.79 Å². The lowest BCUT2D eigenvalue weighted by atomic mass is 10.2. The van der Waals surface area contributed by atoms with Crippen LogP contribution in [0.25, 0.3) is 0 Å². The molecule has 0 heterocycles. The molecule has 0 unspecified atom stereocenters. The molecule has 0 aliphatic rings. The van der Waals surface area contributed by atoms with E-state index in [-0.39, 0.29) is 0 Å². The van der Waals surface area contributed by atoms with Gasteiger partial charge in [0.15, 0.2) is 0 Å². The fraction of sp³-hybridized carbons (Fsp3) is 0.222. The lowest BCUT2D eigenvalue weighted by molar-refractivity contribution is 0.205. The molecule has 0 aliphatic carbocycles. The van der Waals surface area contributed by atoms with Gasteiger partial charge in [-0.05, 0) is 12.0 Å². The SMILES string of the molecule is CCc1ccccc1.NC(=O)O. The molecule has 1 amide bonds. The van der Waals surface area contributed by atoms with Gasteiger partial charge in [0.1, 0.15) is 0 Å². The molecule has 0 saturated carbocycles. The summed E-state index contributed by atoms with van der Waals surface area (Å²) in [5, 5.41) is 7.19. The third-order valence-electron chi connectivity index (χ3n) is 1.25. The van der Waals surface area contributed by atoms with Crippen LogP contribution in [0.1, 0.15) is 12.5 Å². The Bertz CT molecular complexity index is 217. The Balaban J connectivity index is 0.000000261. The molecule has 1 aromatic rings. The normalized spacial score (nSPS) is 8.08. The van der Waals surface area contributed by atoms with Gasteiger partial charge in [-0.15, -0.1) is 0 Å². The number of primary amides is 1. The van der Waals surface area contributed by atoms with Crippen LogP contribution >= 0.6 is 0 Å². The topological polar surface area (TPSA) is 63.3 Å². The minimum Gasteiger partial charge on any atom is -0.465 e. The summed E-state index contributed by atoms with van der Waals surface area (Å²) in [7, 11) is 0. The van der Waals surface area contributed by atoms with Crippen molar-refractivity contribution < 1.29 is 9.90 Å². The average Bonchev–Trinajstić information content (AvgIpc) is 2.05. The van der Waals surface area contributed by atoms with Crippen LogP contribution in [-0.2, 0) is 6.42 Å². The molecular formula is C9H13NO2. The quantitative estimate of drug-likeness (QED) is 0.670. The van der Waals surface area contributed by atoms with Gasteiger partial charge in [0.25, 0.3) is 0 Å². The Morgan fingerprint density at radius 3 is 2.08 bits per heavy atom. The fourth-order valence-electron chi connectivity index (χ4n) is 0.714. The zero-order valence-electron chi connectivity index (χ0n) is 7.03. The molecule has 0 saturated heterocycles. The molecule has 0 fully saturated rings. The van der Waals surface area contributed by atoms with Crippen molar-refractivity contribution in [3.63, 3.8) is 0 Å². The molecule has 0 bridgehead atoms. The first kappa shape index (κ1) is 10.5. The number of benzene rings is 1. The van der Waals surface area contributed by atoms with Crippen LogP contribution in [0, 0.1) is 0 Å². The standard InChI is InChI=1S/C8H10.CH3NO2/c1-2-8-6-4-3-5-7-8;2-1(3)4/h3-7H,2H2,1H3;2H2,(H,3,4). The van der Waals surface area contributed by atoms with Crippen LogP contribution < -0.4 is 5.73 Å². The molecule has 66 valence electrons. The molecule has 3 N–H and O–H groups in total.